The zero-order chi connectivity index (χ0) is 12.4. The molecule has 2 N–H and O–H groups in total. The number of hydrogen-bond donors (Lipinski definition) is 1. The highest BCUT2D eigenvalue weighted by atomic mass is 15.3. The van der Waals surface area contributed by atoms with Crippen molar-refractivity contribution >= 4 is 0 Å². The van der Waals surface area contributed by atoms with E-state index in [1.165, 1.54) is 16.7 Å². The van der Waals surface area contributed by atoms with Crippen molar-refractivity contribution in [2.45, 2.75) is 26.3 Å². The van der Waals surface area contributed by atoms with Crippen LogP contribution in [0.4, 0.5) is 0 Å². The number of aromatic nitrogens is 3. The van der Waals surface area contributed by atoms with E-state index in [1.807, 2.05) is 13.1 Å². The van der Waals surface area contributed by atoms with Crippen molar-refractivity contribution in [2.75, 3.05) is 0 Å². The molecule has 1 heterocycles. The van der Waals surface area contributed by atoms with E-state index in [1.54, 1.807) is 11.0 Å². The van der Waals surface area contributed by atoms with Crippen LogP contribution in [0.3, 0.4) is 0 Å². The third kappa shape index (κ3) is 2.36. The highest BCUT2D eigenvalue weighted by Crippen LogP contribution is 2.21. The minimum absolute atomic E-state index is 0.0298. The first kappa shape index (κ1) is 11.8. The SMILES string of the molecule is Cc1cccc(C(N)Cc2ncnn2C)c1C. The molecule has 0 spiro atoms. The summed E-state index contributed by atoms with van der Waals surface area (Å²) in [5.41, 5.74) is 9.97. The Morgan fingerprint density at radius 3 is 2.76 bits per heavy atom. The molecule has 4 nitrogen and oxygen atoms in total. The number of aryl methyl sites for hydroxylation is 2. The van der Waals surface area contributed by atoms with Gasteiger partial charge < -0.3 is 5.73 Å². The average Bonchev–Trinajstić information content (AvgIpc) is 2.68. The van der Waals surface area contributed by atoms with Crippen LogP contribution in [0, 0.1) is 13.8 Å². The average molecular weight is 230 g/mol. The summed E-state index contributed by atoms with van der Waals surface area (Å²) in [4.78, 5) is 4.21. The molecule has 1 aromatic heterocycles. The predicted octanol–water partition coefficient (Wildman–Crippen LogP) is 1.67. The lowest BCUT2D eigenvalue weighted by Gasteiger charge is -2.15. The van der Waals surface area contributed by atoms with E-state index in [2.05, 4.69) is 36.1 Å². The van der Waals surface area contributed by atoms with Gasteiger partial charge in [-0.1, -0.05) is 18.2 Å². The van der Waals surface area contributed by atoms with Gasteiger partial charge in [-0.3, -0.25) is 4.68 Å². The maximum absolute atomic E-state index is 6.24. The van der Waals surface area contributed by atoms with Gasteiger partial charge >= 0.3 is 0 Å². The van der Waals surface area contributed by atoms with Gasteiger partial charge in [0.2, 0.25) is 0 Å². The smallest absolute Gasteiger partial charge is 0.138 e. The van der Waals surface area contributed by atoms with Gasteiger partial charge in [-0.25, -0.2) is 4.98 Å². The normalized spacial score (nSPS) is 12.7. The molecule has 0 aliphatic carbocycles. The second kappa shape index (κ2) is 4.67. The maximum atomic E-state index is 6.24. The van der Waals surface area contributed by atoms with Crippen molar-refractivity contribution in [3.8, 4) is 0 Å². The van der Waals surface area contributed by atoms with E-state index in [0.717, 1.165) is 5.82 Å². The lowest BCUT2D eigenvalue weighted by molar-refractivity contribution is 0.627. The quantitative estimate of drug-likeness (QED) is 0.872. The molecule has 2 rings (SSSR count). The second-order valence-corrected chi connectivity index (χ2v) is 4.40. The highest BCUT2D eigenvalue weighted by molar-refractivity contribution is 5.35. The highest BCUT2D eigenvalue weighted by Gasteiger charge is 2.13. The van der Waals surface area contributed by atoms with Crippen LogP contribution in [0.2, 0.25) is 0 Å². The number of nitrogens with two attached hydrogens (primary N) is 1. The molecule has 0 saturated heterocycles. The van der Waals surface area contributed by atoms with Crippen LogP contribution in [0.25, 0.3) is 0 Å². The number of benzene rings is 1. The van der Waals surface area contributed by atoms with Crippen molar-refractivity contribution in [1.82, 2.24) is 14.8 Å². The molecule has 0 aliphatic rings. The summed E-state index contributed by atoms with van der Waals surface area (Å²) in [5.74, 6) is 0.915. The van der Waals surface area contributed by atoms with Gasteiger partial charge in [0.1, 0.15) is 12.2 Å². The molecule has 0 fully saturated rings. The molecule has 90 valence electrons. The van der Waals surface area contributed by atoms with Gasteiger partial charge in [0, 0.05) is 19.5 Å². The lowest BCUT2D eigenvalue weighted by Crippen LogP contribution is -2.17. The van der Waals surface area contributed by atoms with Crippen LogP contribution < -0.4 is 5.73 Å². The van der Waals surface area contributed by atoms with Crippen molar-refractivity contribution in [1.29, 1.82) is 0 Å². The van der Waals surface area contributed by atoms with E-state index in [4.69, 9.17) is 5.73 Å². The monoisotopic (exact) mass is 230 g/mol. The van der Waals surface area contributed by atoms with Crippen molar-refractivity contribution in [2.24, 2.45) is 12.8 Å². The van der Waals surface area contributed by atoms with Crippen LogP contribution in [-0.2, 0) is 13.5 Å². The van der Waals surface area contributed by atoms with Crippen molar-refractivity contribution < 1.29 is 0 Å². The Morgan fingerprint density at radius 1 is 1.35 bits per heavy atom. The van der Waals surface area contributed by atoms with Crippen LogP contribution in [0.5, 0.6) is 0 Å². The van der Waals surface area contributed by atoms with Crippen LogP contribution in [-0.4, -0.2) is 14.8 Å². The first-order valence-corrected chi connectivity index (χ1v) is 5.74. The molecule has 0 radical (unpaired) electrons. The summed E-state index contributed by atoms with van der Waals surface area (Å²) >= 11 is 0. The predicted molar refractivity (Wildman–Crippen MR) is 67.6 cm³/mol. The number of nitrogens with zero attached hydrogens (tertiary/aromatic N) is 3. The third-order valence-corrected chi connectivity index (χ3v) is 3.25. The van der Waals surface area contributed by atoms with Gasteiger partial charge in [-0.05, 0) is 30.5 Å². The molecular formula is C13H18N4. The summed E-state index contributed by atoms with van der Waals surface area (Å²) in [7, 11) is 1.89. The molecule has 17 heavy (non-hydrogen) atoms. The summed E-state index contributed by atoms with van der Waals surface area (Å²) in [6.07, 6.45) is 2.27. The molecule has 2 aromatic rings. The molecule has 0 saturated carbocycles. The topological polar surface area (TPSA) is 56.7 Å². The Balaban J connectivity index is 2.23. The van der Waals surface area contributed by atoms with Crippen LogP contribution in [0.1, 0.15) is 28.6 Å². The van der Waals surface area contributed by atoms with Crippen LogP contribution in [0.15, 0.2) is 24.5 Å². The fraction of sp³-hybridized carbons (Fsp3) is 0.385. The Kier molecular flexibility index (Phi) is 3.24. The molecule has 1 aromatic carbocycles. The fourth-order valence-electron chi connectivity index (χ4n) is 1.99. The zero-order valence-corrected chi connectivity index (χ0v) is 10.5. The first-order valence-electron chi connectivity index (χ1n) is 5.74. The standard InChI is InChI=1S/C13H18N4/c1-9-5-4-6-11(10(9)2)12(14)7-13-15-8-16-17(13)3/h4-6,8,12H,7,14H2,1-3H3. The van der Waals surface area contributed by atoms with E-state index in [0.29, 0.717) is 6.42 Å². The van der Waals surface area contributed by atoms with E-state index >= 15 is 0 Å². The molecular weight excluding hydrogens is 212 g/mol. The van der Waals surface area contributed by atoms with Crippen LogP contribution >= 0.6 is 0 Å². The molecule has 0 bridgehead atoms. The van der Waals surface area contributed by atoms with Crippen molar-refractivity contribution in [3.63, 3.8) is 0 Å². The van der Waals surface area contributed by atoms with E-state index in [9.17, 15) is 0 Å². The second-order valence-electron chi connectivity index (χ2n) is 4.40. The molecule has 0 aliphatic heterocycles. The minimum atomic E-state index is -0.0298. The zero-order valence-electron chi connectivity index (χ0n) is 10.5. The maximum Gasteiger partial charge on any atom is 0.138 e. The Hall–Kier alpha value is -1.68. The summed E-state index contributed by atoms with van der Waals surface area (Å²) < 4.78 is 1.77. The lowest BCUT2D eigenvalue weighted by atomic mass is 9.96. The van der Waals surface area contributed by atoms with E-state index in [-0.39, 0.29) is 6.04 Å². The Labute approximate surface area is 101 Å². The van der Waals surface area contributed by atoms with E-state index < -0.39 is 0 Å². The van der Waals surface area contributed by atoms with Gasteiger partial charge in [-0.15, -0.1) is 0 Å². The largest absolute Gasteiger partial charge is 0.324 e. The fourth-order valence-corrected chi connectivity index (χ4v) is 1.99. The molecule has 1 atom stereocenters. The molecule has 4 heteroatoms. The summed E-state index contributed by atoms with van der Waals surface area (Å²) in [5, 5.41) is 4.05. The third-order valence-electron chi connectivity index (χ3n) is 3.25. The van der Waals surface area contributed by atoms with Gasteiger partial charge in [0.05, 0.1) is 0 Å². The number of hydrogen-bond acceptors (Lipinski definition) is 3. The Bertz CT molecular complexity index is 516. The van der Waals surface area contributed by atoms with Gasteiger partial charge in [-0.2, -0.15) is 5.10 Å². The summed E-state index contributed by atoms with van der Waals surface area (Å²) in [6.45, 7) is 4.22. The minimum Gasteiger partial charge on any atom is -0.324 e. The Morgan fingerprint density at radius 2 is 2.12 bits per heavy atom. The summed E-state index contributed by atoms with van der Waals surface area (Å²) in [6, 6.07) is 6.21. The molecule has 1 unspecified atom stereocenters. The van der Waals surface area contributed by atoms with Gasteiger partial charge in [0.25, 0.3) is 0 Å². The molecule has 0 amide bonds. The van der Waals surface area contributed by atoms with Crippen molar-refractivity contribution in [3.05, 3.63) is 47.0 Å². The first-order chi connectivity index (χ1) is 8.09. The number of rotatable bonds is 3. The van der Waals surface area contributed by atoms with Gasteiger partial charge in [0.15, 0.2) is 0 Å².